The van der Waals surface area contributed by atoms with Gasteiger partial charge < -0.3 is 24.9 Å². The number of hydrogen-bond donors (Lipinski definition) is 1. The molecule has 234 valence electrons. The Morgan fingerprint density at radius 1 is 0.844 bits per heavy atom. The molecule has 2 amide bonds. The Morgan fingerprint density at radius 2 is 1.58 bits per heavy atom. The number of alkyl halides is 3. The molecule has 0 radical (unpaired) electrons. The van der Waals surface area contributed by atoms with Crippen molar-refractivity contribution in [2.75, 3.05) is 81.2 Å². The number of halogens is 3. The minimum atomic E-state index is -4.62. The summed E-state index contributed by atoms with van der Waals surface area (Å²) in [6.45, 7) is 5.90. The van der Waals surface area contributed by atoms with Gasteiger partial charge in [-0.1, -0.05) is 0 Å². The highest BCUT2D eigenvalue weighted by molar-refractivity contribution is 6.08. The second-order valence-corrected chi connectivity index (χ2v) is 11.7. The van der Waals surface area contributed by atoms with Gasteiger partial charge in [0.05, 0.1) is 34.7 Å². The van der Waals surface area contributed by atoms with Crippen molar-refractivity contribution in [3.63, 3.8) is 0 Å². The van der Waals surface area contributed by atoms with Gasteiger partial charge >= 0.3 is 12.2 Å². The minimum absolute atomic E-state index is 0.103. The SMILES string of the molecule is CN1CCN(c2ncc(-c3ccc4ncc5c(c4n3)N(c3ccc(N4CCNCC4)c(C(F)(F)F)c3)C(=O)N(C)C5)cn2)CC1. The number of nitrogens with one attached hydrogen (secondary N) is 1. The summed E-state index contributed by atoms with van der Waals surface area (Å²) in [7, 11) is 3.70. The van der Waals surface area contributed by atoms with E-state index >= 15 is 0 Å². The molecule has 1 N–H and O–H groups in total. The molecule has 7 rings (SSSR count). The number of likely N-dealkylation sites (N-methyl/N-ethyl adjacent to an activating group) is 1. The third-order valence-corrected chi connectivity index (χ3v) is 8.63. The third-order valence-electron chi connectivity index (χ3n) is 8.63. The van der Waals surface area contributed by atoms with Crippen molar-refractivity contribution in [1.82, 2.24) is 35.1 Å². The van der Waals surface area contributed by atoms with Gasteiger partial charge in [-0.3, -0.25) is 9.88 Å². The van der Waals surface area contributed by atoms with E-state index in [-0.39, 0.29) is 17.9 Å². The van der Waals surface area contributed by atoms with Crippen molar-refractivity contribution in [2.24, 2.45) is 0 Å². The molecule has 0 atom stereocenters. The molecule has 0 spiro atoms. The number of rotatable bonds is 4. The normalized spacial score (nSPS) is 18.1. The molecule has 6 heterocycles. The van der Waals surface area contributed by atoms with Crippen LogP contribution in [0.3, 0.4) is 0 Å². The topological polar surface area (TPSA) is 96.9 Å². The summed E-state index contributed by atoms with van der Waals surface area (Å²) in [5, 5.41) is 3.17. The van der Waals surface area contributed by atoms with Crippen molar-refractivity contribution in [1.29, 1.82) is 0 Å². The van der Waals surface area contributed by atoms with E-state index < -0.39 is 17.8 Å². The zero-order chi connectivity index (χ0) is 31.3. The number of nitrogens with zero attached hydrogens (tertiary/aromatic N) is 9. The van der Waals surface area contributed by atoms with Crippen LogP contribution in [0.15, 0.2) is 48.9 Å². The van der Waals surface area contributed by atoms with E-state index in [1.54, 1.807) is 48.7 Å². The number of anilines is 4. The van der Waals surface area contributed by atoms with Crippen LogP contribution in [0.1, 0.15) is 11.1 Å². The molecular formula is C31H33F3N10O. The van der Waals surface area contributed by atoms with E-state index in [1.807, 2.05) is 0 Å². The number of pyridine rings is 2. The zero-order valence-corrected chi connectivity index (χ0v) is 25.0. The van der Waals surface area contributed by atoms with Crippen molar-refractivity contribution in [3.8, 4) is 11.3 Å². The second-order valence-electron chi connectivity index (χ2n) is 11.7. The molecule has 0 unspecified atom stereocenters. The number of piperazine rings is 2. The van der Waals surface area contributed by atoms with Crippen molar-refractivity contribution in [2.45, 2.75) is 12.7 Å². The van der Waals surface area contributed by atoms with Crippen LogP contribution in [0.2, 0.25) is 0 Å². The lowest BCUT2D eigenvalue weighted by atomic mass is 10.0. The summed E-state index contributed by atoms with van der Waals surface area (Å²) in [6, 6.07) is 7.26. The Bertz CT molecular complexity index is 1730. The first kappa shape index (κ1) is 29.2. The summed E-state index contributed by atoms with van der Waals surface area (Å²) in [6.07, 6.45) is 0.478. The molecule has 3 aliphatic rings. The molecule has 14 heteroatoms. The number of amides is 2. The third kappa shape index (κ3) is 5.48. The van der Waals surface area contributed by atoms with Gasteiger partial charge in [0.15, 0.2) is 0 Å². The lowest BCUT2D eigenvalue weighted by Gasteiger charge is -2.36. The predicted octanol–water partition coefficient (Wildman–Crippen LogP) is 3.97. The maximum Gasteiger partial charge on any atom is 0.418 e. The number of aromatic nitrogens is 4. The van der Waals surface area contributed by atoms with Crippen LogP contribution in [0.4, 0.5) is 41.0 Å². The maximum absolute atomic E-state index is 14.5. The number of benzene rings is 1. The van der Waals surface area contributed by atoms with Crippen LogP contribution < -0.4 is 20.0 Å². The number of carbonyl (C=O) groups excluding carboxylic acids is 1. The van der Waals surface area contributed by atoms with E-state index in [0.29, 0.717) is 65.7 Å². The van der Waals surface area contributed by atoms with Gasteiger partial charge in [-0.05, 0) is 37.4 Å². The summed E-state index contributed by atoms with van der Waals surface area (Å²) in [4.78, 5) is 41.3. The van der Waals surface area contributed by atoms with Gasteiger partial charge in [-0.25, -0.2) is 19.7 Å². The van der Waals surface area contributed by atoms with Crippen LogP contribution in [0.5, 0.6) is 0 Å². The monoisotopic (exact) mass is 618 g/mol. The van der Waals surface area contributed by atoms with Gasteiger partial charge in [0.2, 0.25) is 5.95 Å². The fraction of sp³-hybridized carbons (Fsp3) is 0.387. The lowest BCUT2D eigenvalue weighted by Crippen LogP contribution is -2.45. The molecule has 45 heavy (non-hydrogen) atoms. The fourth-order valence-corrected chi connectivity index (χ4v) is 6.14. The molecule has 3 aromatic heterocycles. The Hall–Kier alpha value is -4.56. The smallest absolute Gasteiger partial charge is 0.368 e. The molecule has 11 nitrogen and oxygen atoms in total. The summed E-state index contributed by atoms with van der Waals surface area (Å²) in [5.41, 5.74) is 2.70. The van der Waals surface area contributed by atoms with Gasteiger partial charge in [0.25, 0.3) is 0 Å². The van der Waals surface area contributed by atoms with Crippen molar-refractivity contribution < 1.29 is 18.0 Å². The molecule has 0 aliphatic carbocycles. The number of hydrogen-bond acceptors (Lipinski definition) is 9. The van der Waals surface area contributed by atoms with E-state index in [9.17, 15) is 18.0 Å². The maximum atomic E-state index is 14.5. The fourth-order valence-electron chi connectivity index (χ4n) is 6.14. The van der Waals surface area contributed by atoms with E-state index in [4.69, 9.17) is 4.98 Å². The first-order valence-corrected chi connectivity index (χ1v) is 14.9. The van der Waals surface area contributed by atoms with Crippen LogP contribution in [-0.4, -0.2) is 102 Å². The minimum Gasteiger partial charge on any atom is -0.368 e. The first-order chi connectivity index (χ1) is 21.7. The first-order valence-electron chi connectivity index (χ1n) is 14.9. The highest BCUT2D eigenvalue weighted by Crippen LogP contribution is 2.44. The lowest BCUT2D eigenvalue weighted by molar-refractivity contribution is -0.137. The summed E-state index contributed by atoms with van der Waals surface area (Å²) < 4.78 is 43.4. The van der Waals surface area contributed by atoms with Gasteiger partial charge in [-0.2, -0.15) is 13.2 Å². The quantitative estimate of drug-likeness (QED) is 0.365. The average molecular weight is 619 g/mol. The molecule has 0 saturated carbocycles. The van der Waals surface area contributed by atoms with Crippen LogP contribution in [0.25, 0.3) is 22.3 Å². The highest BCUT2D eigenvalue weighted by Gasteiger charge is 2.38. The molecule has 2 saturated heterocycles. The molecule has 2 fully saturated rings. The number of carbonyl (C=O) groups is 1. The Morgan fingerprint density at radius 3 is 2.29 bits per heavy atom. The van der Waals surface area contributed by atoms with Gasteiger partial charge in [-0.15, -0.1) is 0 Å². The van der Waals surface area contributed by atoms with Gasteiger partial charge in [0.1, 0.15) is 5.52 Å². The van der Waals surface area contributed by atoms with E-state index in [2.05, 4.69) is 37.1 Å². The van der Waals surface area contributed by atoms with E-state index in [1.165, 1.54) is 15.9 Å². The number of fused-ring (bicyclic) bond motifs is 3. The van der Waals surface area contributed by atoms with Crippen LogP contribution >= 0.6 is 0 Å². The Balaban J connectivity index is 1.30. The highest BCUT2D eigenvalue weighted by atomic mass is 19.4. The Kier molecular flexibility index (Phi) is 7.40. The predicted molar refractivity (Wildman–Crippen MR) is 166 cm³/mol. The zero-order valence-electron chi connectivity index (χ0n) is 25.0. The van der Waals surface area contributed by atoms with Gasteiger partial charge in [0, 0.05) is 94.8 Å². The Labute approximate surface area is 258 Å². The number of urea groups is 1. The largest absolute Gasteiger partial charge is 0.418 e. The molecule has 0 bridgehead atoms. The second kappa shape index (κ2) is 11.4. The summed E-state index contributed by atoms with van der Waals surface area (Å²) >= 11 is 0. The van der Waals surface area contributed by atoms with Crippen molar-refractivity contribution >= 4 is 40.1 Å². The van der Waals surface area contributed by atoms with E-state index in [0.717, 1.165) is 32.2 Å². The summed E-state index contributed by atoms with van der Waals surface area (Å²) in [5.74, 6) is 0.649. The van der Waals surface area contributed by atoms with Crippen LogP contribution in [-0.2, 0) is 12.7 Å². The molecule has 3 aliphatic heterocycles. The average Bonchev–Trinajstić information content (AvgIpc) is 3.05. The standard InChI is InChI=1S/C31H33F3N10O/c1-40-11-13-43(14-12-40)29-37-16-20(17-38-29)24-4-5-25-27(39-24)28-21(18-36-25)19-41(2)30(45)44(28)22-3-6-26(23(15-22)31(32,33)34)42-9-7-35-8-10-42/h3-6,15-18,35H,7-14,19H2,1-2H3. The van der Waals surface area contributed by atoms with Crippen molar-refractivity contribution in [3.05, 3.63) is 60.0 Å². The van der Waals surface area contributed by atoms with Crippen LogP contribution in [0, 0.1) is 0 Å². The molecule has 4 aromatic rings. The molecular weight excluding hydrogens is 585 g/mol. The molecule has 1 aromatic carbocycles.